The molecule has 3 rings (SSSR count). The summed E-state index contributed by atoms with van der Waals surface area (Å²) in [6.45, 7) is 12.5. The number of rotatable bonds is 6. The van der Waals surface area contributed by atoms with Crippen LogP contribution in [0.4, 0.5) is 0 Å². The van der Waals surface area contributed by atoms with Crippen molar-refractivity contribution < 1.29 is 9.53 Å². The first-order valence-electron chi connectivity index (χ1n) is 9.76. The van der Waals surface area contributed by atoms with E-state index in [0.717, 1.165) is 63.7 Å². The van der Waals surface area contributed by atoms with Crippen molar-refractivity contribution in [1.82, 2.24) is 19.6 Å². The topological polar surface area (TPSA) is 50.6 Å². The number of piperazine rings is 1. The van der Waals surface area contributed by atoms with Gasteiger partial charge in [-0.25, -0.2) is 0 Å². The van der Waals surface area contributed by atoms with E-state index in [2.05, 4.69) is 23.8 Å². The van der Waals surface area contributed by atoms with E-state index in [-0.39, 0.29) is 5.91 Å². The molecule has 0 radical (unpaired) electrons. The summed E-state index contributed by atoms with van der Waals surface area (Å²) in [5.74, 6) is 0.672. The van der Waals surface area contributed by atoms with Gasteiger partial charge in [0.05, 0.1) is 11.8 Å². The summed E-state index contributed by atoms with van der Waals surface area (Å²) in [4.78, 5) is 17.4. The average molecular weight is 348 g/mol. The van der Waals surface area contributed by atoms with Crippen LogP contribution in [-0.2, 0) is 17.7 Å². The van der Waals surface area contributed by atoms with E-state index < -0.39 is 0 Å². The molecule has 2 saturated heterocycles. The van der Waals surface area contributed by atoms with Crippen LogP contribution in [0.25, 0.3) is 0 Å². The van der Waals surface area contributed by atoms with Gasteiger partial charge in [-0.1, -0.05) is 13.8 Å². The van der Waals surface area contributed by atoms with Gasteiger partial charge in [-0.15, -0.1) is 0 Å². The first kappa shape index (κ1) is 18.4. The van der Waals surface area contributed by atoms with Gasteiger partial charge in [0.15, 0.2) is 0 Å². The van der Waals surface area contributed by atoms with Gasteiger partial charge >= 0.3 is 0 Å². The molecule has 0 aliphatic carbocycles. The van der Waals surface area contributed by atoms with E-state index >= 15 is 0 Å². The summed E-state index contributed by atoms with van der Waals surface area (Å²) >= 11 is 0. The van der Waals surface area contributed by atoms with E-state index in [1.807, 2.05) is 22.6 Å². The number of aromatic nitrogens is 2. The smallest absolute Gasteiger partial charge is 0.272 e. The summed E-state index contributed by atoms with van der Waals surface area (Å²) in [5.41, 5.74) is 1.77. The lowest BCUT2D eigenvalue weighted by Crippen LogP contribution is -2.50. The van der Waals surface area contributed by atoms with Crippen molar-refractivity contribution in [2.45, 2.75) is 52.7 Å². The number of amides is 1. The standard InChI is InChI=1S/C19H32N4O2/c1-4-23-18(13-16(20-23)12-15(2)3)19(24)22-9-7-21(8-10-22)14-17-6-5-11-25-17/h13,15,17H,4-12,14H2,1-3H3/t17-/m0/s1. The second-order valence-corrected chi connectivity index (χ2v) is 7.66. The summed E-state index contributed by atoms with van der Waals surface area (Å²) in [5, 5.41) is 4.61. The number of carbonyl (C=O) groups excluding carboxylic acids is 1. The molecule has 0 N–H and O–H groups in total. The molecule has 6 heteroatoms. The zero-order valence-corrected chi connectivity index (χ0v) is 15.9. The Bertz CT molecular complexity index is 570. The highest BCUT2D eigenvalue weighted by molar-refractivity contribution is 5.92. The largest absolute Gasteiger partial charge is 0.377 e. The fourth-order valence-corrected chi connectivity index (χ4v) is 3.77. The van der Waals surface area contributed by atoms with Gasteiger partial charge in [0.2, 0.25) is 0 Å². The summed E-state index contributed by atoms with van der Waals surface area (Å²) < 4.78 is 7.59. The fraction of sp³-hybridized carbons (Fsp3) is 0.789. The van der Waals surface area contributed by atoms with Crippen LogP contribution < -0.4 is 0 Å². The molecular formula is C19H32N4O2. The van der Waals surface area contributed by atoms with Crippen molar-refractivity contribution in [1.29, 1.82) is 0 Å². The third kappa shape index (κ3) is 4.61. The van der Waals surface area contributed by atoms with Gasteiger partial charge in [-0.3, -0.25) is 14.4 Å². The Labute approximate surface area is 151 Å². The Morgan fingerprint density at radius 2 is 2.08 bits per heavy atom. The Balaban J connectivity index is 1.57. The molecular weight excluding hydrogens is 316 g/mol. The molecule has 0 unspecified atom stereocenters. The SMILES string of the molecule is CCn1nc(CC(C)C)cc1C(=O)N1CCN(C[C@@H]2CCCO2)CC1. The number of hydrogen-bond donors (Lipinski definition) is 0. The first-order valence-corrected chi connectivity index (χ1v) is 9.76. The van der Waals surface area contributed by atoms with Crippen LogP contribution in [-0.4, -0.2) is 70.9 Å². The van der Waals surface area contributed by atoms with Crippen molar-refractivity contribution in [2.24, 2.45) is 5.92 Å². The van der Waals surface area contributed by atoms with Gasteiger partial charge in [-0.2, -0.15) is 5.10 Å². The van der Waals surface area contributed by atoms with Crippen LogP contribution in [0.5, 0.6) is 0 Å². The molecule has 0 saturated carbocycles. The molecule has 0 bridgehead atoms. The Morgan fingerprint density at radius 3 is 2.68 bits per heavy atom. The molecule has 2 aliphatic rings. The quantitative estimate of drug-likeness (QED) is 0.789. The molecule has 2 aliphatic heterocycles. The van der Waals surface area contributed by atoms with Crippen LogP contribution in [0.1, 0.15) is 49.8 Å². The molecule has 1 amide bonds. The Hall–Kier alpha value is -1.40. The number of carbonyl (C=O) groups is 1. The minimum absolute atomic E-state index is 0.126. The van der Waals surface area contributed by atoms with Crippen LogP contribution >= 0.6 is 0 Å². The van der Waals surface area contributed by atoms with Gasteiger partial charge in [0.1, 0.15) is 5.69 Å². The van der Waals surface area contributed by atoms with Gasteiger partial charge in [0, 0.05) is 45.9 Å². The van der Waals surface area contributed by atoms with Gasteiger partial charge < -0.3 is 9.64 Å². The van der Waals surface area contributed by atoms with Crippen LogP contribution in [0, 0.1) is 5.92 Å². The molecule has 3 heterocycles. The third-order valence-electron chi connectivity index (χ3n) is 5.11. The molecule has 6 nitrogen and oxygen atoms in total. The molecule has 0 spiro atoms. The maximum Gasteiger partial charge on any atom is 0.272 e. The summed E-state index contributed by atoms with van der Waals surface area (Å²) in [6.07, 6.45) is 3.67. The summed E-state index contributed by atoms with van der Waals surface area (Å²) in [7, 11) is 0. The lowest BCUT2D eigenvalue weighted by atomic mass is 10.1. The number of hydrogen-bond acceptors (Lipinski definition) is 4. The third-order valence-corrected chi connectivity index (χ3v) is 5.11. The molecule has 1 atom stereocenters. The molecule has 140 valence electrons. The van der Waals surface area contributed by atoms with E-state index in [1.54, 1.807) is 0 Å². The maximum absolute atomic E-state index is 13.0. The molecule has 25 heavy (non-hydrogen) atoms. The highest BCUT2D eigenvalue weighted by Gasteiger charge is 2.27. The zero-order chi connectivity index (χ0) is 17.8. The lowest BCUT2D eigenvalue weighted by Gasteiger charge is -2.35. The van der Waals surface area contributed by atoms with Crippen LogP contribution in [0.3, 0.4) is 0 Å². The molecule has 0 aromatic carbocycles. The van der Waals surface area contributed by atoms with Gasteiger partial charge in [-0.05, 0) is 38.2 Å². The first-order chi connectivity index (χ1) is 12.1. The minimum Gasteiger partial charge on any atom is -0.377 e. The molecule has 1 aromatic heterocycles. The van der Waals surface area contributed by atoms with Gasteiger partial charge in [0.25, 0.3) is 5.91 Å². The highest BCUT2D eigenvalue weighted by atomic mass is 16.5. The normalized spacial score (nSPS) is 22.1. The monoisotopic (exact) mass is 348 g/mol. The predicted molar refractivity (Wildman–Crippen MR) is 97.8 cm³/mol. The van der Waals surface area contributed by atoms with Crippen molar-refractivity contribution in [3.8, 4) is 0 Å². The Kier molecular flexibility index (Phi) is 6.12. The predicted octanol–water partition coefficient (Wildman–Crippen LogP) is 2.04. The number of aryl methyl sites for hydroxylation is 1. The highest BCUT2D eigenvalue weighted by Crippen LogP contribution is 2.16. The second-order valence-electron chi connectivity index (χ2n) is 7.66. The average Bonchev–Trinajstić information content (AvgIpc) is 3.24. The zero-order valence-electron chi connectivity index (χ0n) is 15.9. The molecule has 2 fully saturated rings. The van der Waals surface area contributed by atoms with Crippen LogP contribution in [0.2, 0.25) is 0 Å². The van der Waals surface area contributed by atoms with E-state index in [4.69, 9.17) is 4.74 Å². The van der Waals surface area contributed by atoms with Crippen molar-refractivity contribution >= 4 is 5.91 Å². The van der Waals surface area contributed by atoms with E-state index in [0.29, 0.717) is 12.0 Å². The van der Waals surface area contributed by atoms with Crippen LogP contribution in [0.15, 0.2) is 6.07 Å². The van der Waals surface area contributed by atoms with Crippen molar-refractivity contribution in [3.63, 3.8) is 0 Å². The van der Waals surface area contributed by atoms with E-state index in [1.165, 1.54) is 12.8 Å². The summed E-state index contributed by atoms with van der Waals surface area (Å²) in [6, 6.07) is 1.99. The molecule has 1 aromatic rings. The second kappa shape index (κ2) is 8.32. The van der Waals surface area contributed by atoms with Crippen molar-refractivity contribution in [2.75, 3.05) is 39.3 Å². The fourth-order valence-electron chi connectivity index (χ4n) is 3.77. The van der Waals surface area contributed by atoms with E-state index in [9.17, 15) is 4.79 Å². The number of nitrogens with zero attached hydrogens (tertiary/aromatic N) is 4. The number of ether oxygens (including phenoxy) is 1. The lowest BCUT2D eigenvalue weighted by molar-refractivity contribution is 0.0426. The minimum atomic E-state index is 0.126. The van der Waals surface area contributed by atoms with Crippen molar-refractivity contribution in [3.05, 3.63) is 17.5 Å². The maximum atomic E-state index is 13.0. The Morgan fingerprint density at radius 1 is 1.32 bits per heavy atom.